The fourth-order valence-corrected chi connectivity index (χ4v) is 2.84. The van der Waals surface area contributed by atoms with Gasteiger partial charge in [0.1, 0.15) is 6.54 Å². The monoisotopic (exact) mass is 278 g/mol. The number of nitriles is 1. The Labute approximate surface area is 104 Å². The lowest BCUT2D eigenvalue weighted by Crippen LogP contribution is -2.27. The molecule has 1 aromatic rings. The summed E-state index contributed by atoms with van der Waals surface area (Å²) < 4.78 is 24.7. The van der Waals surface area contributed by atoms with E-state index in [-0.39, 0.29) is 21.5 Å². The van der Waals surface area contributed by atoms with Crippen molar-refractivity contribution in [3.05, 3.63) is 28.2 Å². The second kappa shape index (κ2) is 5.02. The maximum Gasteiger partial charge on any atom is 0.243 e. The molecule has 0 atom stereocenters. The van der Waals surface area contributed by atoms with E-state index >= 15 is 0 Å². The third-order valence-electron chi connectivity index (χ3n) is 1.84. The van der Waals surface area contributed by atoms with Crippen molar-refractivity contribution >= 4 is 33.2 Å². The molecule has 7 heteroatoms. The summed E-state index contributed by atoms with van der Waals surface area (Å²) in [6.45, 7) is -0.230. The van der Waals surface area contributed by atoms with Crippen LogP contribution in [0.1, 0.15) is 0 Å². The zero-order chi connectivity index (χ0) is 12.3. The first-order valence-electron chi connectivity index (χ1n) is 4.17. The van der Waals surface area contributed by atoms with Gasteiger partial charge >= 0.3 is 0 Å². The Morgan fingerprint density at radius 3 is 2.25 bits per heavy atom. The van der Waals surface area contributed by atoms with Crippen LogP contribution in [-0.4, -0.2) is 26.3 Å². The topological polar surface area (TPSA) is 61.2 Å². The summed E-state index contributed by atoms with van der Waals surface area (Å²) in [5.41, 5.74) is 0. The maximum absolute atomic E-state index is 11.9. The average molecular weight is 279 g/mol. The van der Waals surface area contributed by atoms with Crippen molar-refractivity contribution in [2.45, 2.75) is 4.90 Å². The quantitative estimate of drug-likeness (QED) is 0.796. The lowest BCUT2D eigenvalue weighted by molar-refractivity contribution is 0.501. The molecule has 0 aromatic heterocycles. The second-order valence-corrected chi connectivity index (χ2v) is 5.94. The van der Waals surface area contributed by atoms with Gasteiger partial charge in [-0.2, -0.15) is 9.57 Å². The summed E-state index contributed by atoms with van der Waals surface area (Å²) in [7, 11) is -2.39. The van der Waals surface area contributed by atoms with Crippen LogP contribution in [0.3, 0.4) is 0 Å². The lowest BCUT2D eigenvalue weighted by Gasteiger charge is -2.13. The highest BCUT2D eigenvalue weighted by Gasteiger charge is 2.21. The normalized spacial score (nSPS) is 11.4. The fraction of sp³-hybridized carbons (Fsp3) is 0.222. The molecule has 1 rings (SSSR count). The second-order valence-electron chi connectivity index (χ2n) is 3.02. The molecule has 0 unspecified atom stereocenters. The highest BCUT2D eigenvalue weighted by molar-refractivity contribution is 7.89. The molecule has 0 radical (unpaired) electrons. The van der Waals surface area contributed by atoms with Crippen molar-refractivity contribution in [1.82, 2.24) is 4.31 Å². The predicted octanol–water partition coefficient (Wildman–Crippen LogP) is 2.14. The van der Waals surface area contributed by atoms with Gasteiger partial charge < -0.3 is 0 Å². The smallest absolute Gasteiger partial charge is 0.207 e. The Balaban J connectivity index is 3.23. The Hall–Kier alpha value is -0.800. The Morgan fingerprint density at radius 1 is 1.31 bits per heavy atom. The summed E-state index contributed by atoms with van der Waals surface area (Å²) in [5.74, 6) is 0. The van der Waals surface area contributed by atoms with E-state index in [0.29, 0.717) is 0 Å². The van der Waals surface area contributed by atoms with Gasteiger partial charge in [0.25, 0.3) is 0 Å². The van der Waals surface area contributed by atoms with Gasteiger partial charge in [-0.05, 0) is 18.2 Å². The first-order valence-corrected chi connectivity index (χ1v) is 6.37. The summed E-state index contributed by atoms with van der Waals surface area (Å²) in [5, 5.41) is 8.91. The van der Waals surface area contributed by atoms with Crippen LogP contribution in [0.4, 0.5) is 0 Å². The molecule has 0 fully saturated rings. The van der Waals surface area contributed by atoms with Gasteiger partial charge in [-0.1, -0.05) is 23.2 Å². The molecule has 0 bridgehead atoms. The zero-order valence-corrected chi connectivity index (χ0v) is 10.6. The largest absolute Gasteiger partial charge is 0.243 e. The van der Waals surface area contributed by atoms with Crippen LogP contribution in [-0.2, 0) is 10.0 Å². The van der Waals surface area contributed by atoms with Gasteiger partial charge in [0.05, 0.1) is 11.0 Å². The highest BCUT2D eigenvalue weighted by atomic mass is 35.5. The number of sulfonamides is 1. The molecule has 0 heterocycles. The summed E-state index contributed by atoms with van der Waals surface area (Å²) >= 11 is 11.4. The van der Waals surface area contributed by atoms with Gasteiger partial charge in [-0.25, -0.2) is 8.42 Å². The van der Waals surface area contributed by atoms with Crippen LogP contribution in [0.2, 0.25) is 10.0 Å². The third-order valence-corrected chi connectivity index (χ3v) is 4.06. The van der Waals surface area contributed by atoms with Crippen LogP contribution in [0.15, 0.2) is 23.1 Å². The Bertz CT molecular complexity index is 517. The van der Waals surface area contributed by atoms with Crippen LogP contribution in [0, 0.1) is 11.3 Å². The van der Waals surface area contributed by atoms with Gasteiger partial charge in [0.2, 0.25) is 10.0 Å². The molecule has 0 saturated carbocycles. The summed E-state index contributed by atoms with van der Waals surface area (Å²) in [6.07, 6.45) is 0. The van der Waals surface area contributed by atoms with Gasteiger partial charge in [-0.15, -0.1) is 0 Å². The number of halogens is 2. The molecule has 0 spiro atoms. The van der Waals surface area contributed by atoms with Crippen molar-refractivity contribution in [3.63, 3.8) is 0 Å². The lowest BCUT2D eigenvalue weighted by atomic mass is 10.4. The van der Waals surface area contributed by atoms with E-state index in [1.165, 1.54) is 25.2 Å². The van der Waals surface area contributed by atoms with Crippen molar-refractivity contribution < 1.29 is 8.42 Å². The average Bonchev–Trinajstić information content (AvgIpc) is 2.16. The molecule has 0 amide bonds. The minimum Gasteiger partial charge on any atom is -0.207 e. The van der Waals surface area contributed by atoms with Crippen LogP contribution in [0.25, 0.3) is 0 Å². The minimum atomic E-state index is -3.70. The van der Waals surface area contributed by atoms with Crippen LogP contribution in [0.5, 0.6) is 0 Å². The Kier molecular flexibility index (Phi) is 4.16. The third kappa shape index (κ3) is 2.86. The first-order chi connectivity index (χ1) is 7.37. The van der Waals surface area contributed by atoms with Crippen LogP contribution < -0.4 is 0 Å². The molecule has 1 aromatic carbocycles. The molecule has 86 valence electrons. The molecule has 16 heavy (non-hydrogen) atoms. The van der Waals surface area contributed by atoms with E-state index in [4.69, 9.17) is 28.5 Å². The van der Waals surface area contributed by atoms with Gasteiger partial charge in [0, 0.05) is 17.1 Å². The zero-order valence-electron chi connectivity index (χ0n) is 8.31. The van der Waals surface area contributed by atoms with E-state index in [1.807, 2.05) is 0 Å². The van der Waals surface area contributed by atoms with E-state index in [1.54, 1.807) is 6.07 Å². The molecule has 0 aliphatic rings. The number of hydrogen-bond donors (Lipinski definition) is 0. The number of rotatable bonds is 3. The first kappa shape index (κ1) is 13.3. The van der Waals surface area contributed by atoms with E-state index in [2.05, 4.69) is 0 Å². The standard InChI is InChI=1S/C9H8Cl2N2O2S/c1-13(3-2-12)16(14,15)9-5-7(10)4-8(11)6-9/h4-6H,3H2,1H3. The molecular weight excluding hydrogens is 271 g/mol. The Morgan fingerprint density at radius 2 is 1.81 bits per heavy atom. The van der Waals surface area contributed by atoms with Crippen molar-refractivity contribution in [3.8, 4) is 6.07 Å². The summed E-state index contributed by atoms with van der Waals surface area (Å²) in [6, 6.07) is 5.77. The van der Waals surface area contributed by atoms with E-state index in [0.717, 1.165) is 4.31 Å². The van der Waals surface area contributed by atoms with Crippen molar-refractivity contribution in [2.75, 3.05) is 13.6 Å². The van der Waals surface area contributed by atoms with Crippen molar-refractivity contribution in [1.29, 1.82) is 5.26 Å². The maximum atomic E-state index is 11.9. The predicted molar refractivity (Wildman–Crippen MR) is 61.9 cm³/mol. The SMILES string of the molecule is CN(CC#N)S(=O)(=O)c1cc(Cl)cc(Cl)c1. The highest BCUT2D eigenvalue weighted by Crippen LogP contribution is 2.23. The van der Waals surface area contributed by atoms with Crippen LogP contribution >= 0.6 is 23.2 Å². The molecule has 4 nitrogen and oxygen atoms in total. The van der Waals surface area contributed by atoms with E-state index in [9.17, 15) is 8.42 Å². The summed E-state index contributed by atoms with van der Waals surface area (Å²) in [4.78, 5) is -0.0252. The van der Waals surface area contributed by atoms with Gasteiger partial charge in [0.15, 0.2) is 0 Å². The molecule has 0 N–H and O–H groups in total. The number of benzene rings is 1. The fourth-order valence-electron chi connectivity index (χ4n) is 1.04. The molecular formula is C9H8Cl2N2O2S. The number of nitrogens with zero attached hydrogens (tertiary/aromatic N) is 2. The minimum absolute atomic E-state index is 0.0252. The molecule has 0 aliphatic carbocycles. The van der Waals surface area contributed by atoms with E-state index < -0.39 is 10.0 Å². The number of hydrogen-bond acceptors (Lipinski definition) is 3. The van der Waals surface area contributed by atoms with Gasteiger partial charge in [-0.3, -0.25) is 0 Å². The van der Waals surface area contributed by atoms with Crippen molar-refractivity contribution in [2.24, 2.45) is 0 Å². The molecule has 0 saturated heterocycles. The molecule has 0 aliphatic heterocycles.